The highest BCUT2D eigenvalue weighted by Crippen LogP contribution is 2.21. The van der Waals surface area contributed by atoms with Crippen LogP contribution >= 0.6 is 12.4 Å². The summed E-state index contributed by atoms with van der Waals surface area (Å²) in [5, 5.41) is 3.40. The second-order valence-corrected chi connectivity index (χ2v) is 6.15. The van der Waals surface area contributed by atoms with Gasteiger partial charge in [-0.25, -0.2) is 0 Å². The van der Waals surface area contributed by atoms with Crippen LogP contribution in [0.25, 0.3) is 0 Å². The van der Waals surface area contributed by atoms with Gasteiger partial charge in [-0.15, -0.1) is 12.4 Å². The number of nitrogens with zero attached hydrogens (tertiary/aromatic N) is 1. The first-order chi connectivity index (χ1) is 10.3. The zero-order valence-corrected chi connectivity index (χ0v) is 13.9. The molecule has 1 N–H and O–H groups in total. The first-order valence-corrected chi connectivity index (χ1v) is 7.86. The second kappa shape index (κ2) is 7.95. The number of fused-ring (bicyclic) bond motifs is 1. The number of likely N-dealkylation sites (tertiary alicyclic amines) is 1. The van der Waals surface area contributed by atoms with Crippen molar-refractivity contribution in [1.82, 2.24) is 10.2 Å². The van der Waals surface area contributed by atoms with Crippen molar-refractivity contribution < 1.29 is 9.53 Å². The normalized spacial score (nSPS) is 24.3. The molecule has 2 aliphatic rings. The fraction of sp³-hybridized carbons (Fsp3) is 0.588. The molecule has 0 spiro atoms. The summed E-state index contributed by atoms with van der Waals surface area (Å²) in [7, 11) is 1.74. The van der Waals surface area contributed by atoms with Crippen molar-refractivity contribution in [3.8, 4) is 0 Å². The first-order valence-electron chi connectivity index (χ1n) is 7.86. The van der Waals surface area contributed by atoms with Crippen LogP contribution in [0.5, 0.6) is 0 Å². The molecule has 2 atom stereocenters. The largest absolute Gasteiger partial charge is 0.384 e. The summed E-state index contributed by atoms with van der Waals surface area (Å²) < 4.78 is 5.25. The molecule has 1 fully saturated rings. The van der Waals surface area contributed by atoms with E-state index in [9.17, 15) is 4.79 Å². The van der Waals surface area contributed by atoms with Gasteiger partial charge in [0.05, 0.1) is 12.6 Å². The fourth-order valence-electron chi connectivity index (χ4n) is 3.49. The molecule has 0 saturated carbocycles. The average Bonchev–Trinajstić information content (AvgIpc) is 2.54. The fourth-order valence-corrected chi connectivity index (χ4v) is 3.49. The number of ether oxygens (including phenoxy) is 1. The number of benzene rings is 1. The maximum Gasteiger partial charge on any atom is 0.240 e. The number of piperidine rings is 1. The number of hydrogen-bond donors (Lipinski definition) is 1. The highest BCUT2D eigenvalue weighted by molar-refractivity contribution is 5.85. The first kappa shape index (κ1) is 17.3. The molecular formula is C17H25ClN2O2. The van der Waals surface area contributed by atoms with Gasteiger partial charge < -0.3 is 15.0 Å². The molecule has 22 heavy (non-hydrogen) atoms. The molecule has 2 heterocycles. The van der Waals surface area contributed by atoms with Gasteiger partial charge in [-0.2, -0.15) is 0 Å². The molecule has 2 aliphatic heterocycles. The third-order valence-corrected chi connectivity index (χ3v) is 4.61. The molecule has 1 aromatic rings. The molecule has 1 aromatic carbocycles. The lowest BCUT2D eigenvalue weighted by molar-refractivity contribution is -0.135. The molecule has 5 heteroatoms. The molecule has 0 aliphatic carbocycles. The summed E-state index contributed by atoms with van der Waals surface area (Å²) >= 11 is 0. The van der Waals surface area contributed by atoms with E-state index in [-0.39, 0.29) is 24.4 Å². The lowest BCUT2D eigenvalue weighted by atomic mass is 9.93. The van der Waals surface area contributed by atoms with Gasteiger partial charge >= 0.3 is 0 Å². The van der Waals surface area contributed by atoms with Gasteiger partial charge in [-0.1, -0.05) is 24.3 Å². The molecular weight excluding hydrogens is 300 g/mol. The summed E-state index contributed by atoms with van der Waals surface area (Å²) in [6, 6.07) is 8.32. The minimum absolute atomic E-state index is 0. The summed E-state index contributed by atoms with van der Waals surface area (Å²) in [5.41, 5.74) is 2.62. The number of carbonyl (C=O) groups excluding carboxylic acids is 1. The van der Waals surface area contributed by atoms with Crippen molar-refractivity contribution in [2.75, 3.05) is 26.8 Å². The monoisotopic (exact) mass is 324 g/mol. The summed E-state index contributed by atoms with van der Waals surface area (Å²) in [6.07, 6.45) is 3.06. The predicted molar refractivity (Wildman–Crippen MR) is 89.2 cm³/mol. The number of hydrogen-bond acceptors (Lipinski definition) is 3. The Morgan fingerprint density at radius 2 is 2.14 bits per heavy atom. The van der Waals surface area contributed by atoms with E-state index >= 15 is 0 Å². The lowest BCUT2D eigenvalue weighted by Crippen LogP contribution is -2.52. The Morgan fingerprint density at radius 3 is 2.91 bits per heavy atom. The third kappa shape index (κ3) is 3.80. The third-order valence-electron chi connectivity index (χ3n) is 4.61. The highest BCUT2D eigenvalue weighted by Gasteiger charge is 2.30. The van der Waals surface area contributed by atoms with Crippen LogP contribution in [0.3, 0.4) is 0 Å². The van der Waals surface area contributed by atoms with Gasteiger partial charge in [0.2, 0.25) is 5.91 Å². The van der Waals surface area contributed by atoms with E-state index in [2.05, 4.69) is 29.6 Å². The molecule has 4 nitrogen and oxygen atoms in total. The van der Waals surface area contributed by atoms with Crippen LogP contribution in [0.1, 0.15) is 24.0 Å². The van der Waals surface area contributed by atoms with Crippen molar-refractivity contribution in [2.24, 2.45) is 5.92 Å². The van der Waals surface area contributed by atoms with Crippen LogP contribution in [0.2, 0.25) is 0 Å². The molecule has 1 amide bonds. The Bertz CT molecular complexity index is 507. The smallest absolute Gasteiger partial charge is 0.240 e. The van der Waals surface area contributed by atoms with Gasteiger partial charge in [0.25, 0.3) is 0 Å². The maximum absolute atomic E-state index is 12.7. The van der Waals surface area contributed by atoms with E-state index < -0.39 is 0 Å². The van der Waals surface area contributed by atoms with Gasteiger partial charge in [0, 0.05) is 26.7 Å². The van der Waals surface area contributed by atoms with E-state index in [1.54, 1.807) is 7.11 Å². The standard InChI is InChI=1S/C17H24N2O2.ClH/c1-21-12-13-5-4-8-19(11-13)17(20)16-9-14-6-2-3-7-15(14)10-18-16;/h2-3,6-7,13,16,18H,4-5,8-12H2,1H3;1H. The predicted octanol–water partition coefficient (Wildman–Crippen LogP) is 2.01. The molecule has 0 aromatic heterocycles. The molecule has 3 rings (SSSR count). The maximum atomic E-state index is 12.7. The molecule has 0 radical (unpaired) electrons. The Labute approximate surface area is 138 Å². The van der Waals surface area contributed by atoms with Gasteiger partial charge in [0.15, 0.2) is 0 Å². The molecule has 0 bridgehead atoms. The topological polar surface area (TPSA) is 41.6 Å². The number of nitrogens with one attached hydrogen (secondary N) is 1. The second-order valence-electron chi connectivity index (χ2n) is 6.15. The van der Waals surface area contributed by atoms with Crippen LogP contribution in [-0.4, -0.2) is 43.7 Å². The van der Waals surface area contributed by atoms with Crippen molar-refractivity contribution in [3.05, 3.63) is 35.4 Å². The number of carbonyl (C=O) groups is 1. The van der Waals surface area contributed by atoms with Crippen LogP contribution in [-0.2, 0) is 22.5 Å². The van der Waals surface area contributed by atoms with Gasteiger partial charge in [-0.3, -0.25) is 4.79 Å². The SMILES string of the molecule is COCC1CCCN(C(=O)C2Cc3ccccc3CN2)C1.Cl. The zero-order valence-electron chi connectivity index (χ0n) is 13.1. The van der Waals surface area contributed by atoms with Crippen LogP contribution in [0.4, 0.5) is 0 Å². The minimum atomic E-state index is -0.0683. The summed E-state index contributed by atoms with van der Waals surface area (Å²) in [4.78, 5) is 14.8. The molecule has 122 valence electrons. The van der Waals surface area contributed by atoms with Gasteiger partial charge in [-0.05, 0) is 36.3 Å². The molecule has 1 saturated heterocycles. The molecule has 2 unspecified atom stereocenters. The Kier molecular flexibility index (Phi) is 6.24. The highest BCUT2D eigenvalue weighted by atomic mass is 35.5. The van der Waals surface area contributed by atoms with E-state index in [1.807, 2.05) is 4.90 Å². The van der Waals surface area contributed by atoms with Crippen molar-refractivity contribution >= 4 is 18.3 Å². The van der Waals surface area contributed by atoms with Crippen molar-refractivity contribution in [3.63, 3.8) is 0 Å². The van der Waals surface area contributed by atoms with Crippen LogP contribution in [0, 0.1) is 5.92 Å². The van der Waals surface area contributed by atoms with Gasteiger partial charge in [0.1, 0.15) is 0 Å². The van der Waals surface area contributed by atoms with E-state index in [1.165, 1.54) is 17.5 Å². The Morgan fingerprint density at radius 1 is 1.36 bits per heavy atom. The average molecular weight is 325 g/mol. The number of halogens is 1. The number of methoxy groups -OCH3 is 1. The van der Waals surface area contributed by atoms with Crippen molar-refractivity contribution in [1.29, 1.82) is 0 Å². The Balaban J connectivity index is 0.00000176. The number of rotatable bonds is 3. The van der Waals surface area contributed by atoms with Crippen LogP contribution < -0.4 is 5.32 Å². The zero-order chi connectivity index (χ0) is 14.7. The minimum Gasteiger partial charge on any atom is -0.384 e. The van der Waals surface area contributed by atoms with E-state index in [4.69, 9.17) is 4.74 Å². The Hall–Kier alpha value is -1.10. The number of amides is 1. The summed E-state index contributed by atoms with van der Waals surface area (Å²) in [6.45, 7) is 3.28. The quantitative estimate of drug-likeness (QED) is 0.924. The van der Waals surface area contributed by atoms with E-state index in [0.717, 1.165) is 39.1 Å². The van der Waals surface area contributed by atoms with Crippen molar-refractivity contribution in [2.45, 2.75) is 31.8 Å². The van der Waals surface area contributed by atoms with E-state index in [0.29, 0.717) is 5.92 Å². The lowest BCUT2D eigenvalue weighted by Gasteiger charge is -2.36. The summed E-state index contributed by atoms with van der Waals surface area (Å²) in [5.74, 6) is 0.744. The van der Waals surface area contributed by atoms with Crippen LogP contribution in [0.15, 0.2) is 24.3 Å².